The van der Waals surface area contributed by atoms with Gasteiger partial charge in [0.1, 0.15) is 18.2 Å². The zero-order valence-electron chi connectivity index (χ0n) is 22.1. The van der Waals surface area contributed by atoms with E-state index in [1.807, 2.05) is 42.6 Å². The molecule has 0 aliphatic rings. The molecule has 3 N–H and O–H groups in total. The molecule has 0 saturated carbocycles. The van der Waals surface area contributed by atoms with Gasteiger partial charge in [-0.25, -0.2) is 4.79 Å². The van der Waals surface area contributed by atoms with Gasteiger partial charge in [-0.2, -0.15) is 5.26 Å². The number of amides is 1. The lowest BCUT2D eigenvalue weighted by Gasteiger charge is -2.16. The number of carboxylic acid groups (broad SMARTS) is 1. The van der Waals surface area contributed by atoms with Gasteiger partial charge >= 0.3 is 5.97 Å². The molecule has 1 aromatic heterocycles. The number of methoxy groups -OCH3 is 1. The first-order valence-corrected chi connectivity index (χ1v) is 12.6. The molecule has 4 rings (SSSR count). The minimum absolute atomic E-state index is 0.0299. The average Bonchev–Trinajstić information content (AvgIpc) is 3.38. The molecule has 40 heavy (non-hydrogen) atoms. The molecule has 0 radical (unpaired) electrons. The van der Waals surface area contributed by atoms with Crippen LogP contribution in [0.4, 0.5) is 0 Å². The Bertz CT molecular complexity index is 1610. The Balaban J connectivity index is 1.48. The second-order valence-electron chi connectivity index (χ2n) is 9.03. The van der Waals surface area contributed by atoms with Crippen LogP contribution in [0.3, 0.4) is 0 Å². The Kier molecular flexibility index (Phi) is 9.00. The molecule has 0 aliphatic carbocycles. The number of fused-ring (bicyclic) bond motifs is 1. The summed E-state index contributed by atoms with van der Waals surface area (Å²) in [6.07, 6.45) is 6.25. The molecule has 0 bridgehead atoms. The van der Waals surface area contributed by atoms with Gasteiger partial charge in [0, 0.05) is 29.2 Å². The largest absolute Gasteiger partial charge is 0.493 e. The Morgan fingerprint density at radius 2 is 1.90 bits per heavy atom. The number of nitriles is 1. The number of para-hydroxylation sites is 1. The third kappa shape index (κ3) is 6.58. The number of aromatic amines is 1. The molecule has 0 spiro atoms. The molecule has 8 nitrogen and oxygen atoms in total. The number of nitrogens with zero attached hydrogens (tertiary/aromatic N) is 1. The number of allylic oxidation sites excluding steroid dienone is 1. The number of hydrogen-bond acceptors (Lipinski definition) is 5. The minimum atomic E-state index is -0.995. The van der Waals surface area contributed by atoms with Gasteiger partial charge in [0.25, 0.3) is 5.91 Å². The molecule has 0 atom stereocenters. The van der Waals surface area contributed by atoms with E-state index >= 15 is 0 Å². The number of rotatable bonds is 12. The molecule has 8 heteroatoms. The summed E-state index contributed by atoms with van der Waals surface area (Å²) in [6, 6.07) is 19.9. The SMILES string of the molecule is C=CCc1cc(/C=C(/C#N)C(=O)NCCc2c[nH]c3ccccc23)cc(OC)c1OCc1ccc(C(=O)O)cc1. The highest BCUT2D eigenvalue weighted by Crippen LogP contribution is 2.35. The molecule has 202 valence electrons. The van der Waals surface area contributed by atoms with Crippen molar-refractivity contribution in [1.82, 2.24) is 10.3 Å². The lowest BCUT2D eigenvalue weighted by Crippen LogP contribution is -2.26. The molecule has 0 unspecified atom stereocenters. The van der Waals surface area contributed by atoms with Gasteiger partial charge < -0.3 is 24.9 Å². The van der Waals surface area contributed by atoms with Crippen LogP contribution in [-0.4, -0.2) is 35.6 Å². The summed E-state index contributed by atoms with van der Waals surface area (Å²) in [5.41, 5.74) is 4.45. The summed E-state index contributed by atoms with van der Waals surface area (Å²) in [6.45, 7) is 4.39. The normalized spacial score (nSPS) is 11.1. The standard InChI is InChI=1S/C32H29N3O5/c1-3-6-24-15-22(17-29(39-2)30(24)40-20-21-9-11-23(12-10-21)32(37)38)16-26(18-33)31(36)34-14-13-25-19-35-28-8-5-4-7-27(25)28/h3-5,7-12,15-17,19,35H,1,6,13-14,20H2,2H3,(H,34,36)(H,37,38)/b26-16-. The van der Waals surface area contributed by atoms with Crippen molar-refractivity contribution in [2.75, 3.05) is 13.7 Å². The first-order chi connectivity index (χ1) is 19.4. The summed E-state index contributed by atoms with van der Waals surface area (Å²) >= 11 is 0. The third-order valence-corrected chi connectivity index (χ3v) is 6.35. The van der Waals surface area contributed by atoms with Crippen LogP contribution in [0.25, 0.3) is 17.0 Å². The lowest BCUT2D eigenvalue weighted by atomic mass is 10.0. The van der Waals surface area contributed by atoms with Crippen LogP contribution in [-0.2, 0) is 24.2 Å². The maximum atomic E-state index is 12.8. The Hall–Kier alpha value is -5.29. The highest BCUT2D eigenvalue weighted by atomic mass is 16.5. The lowest BCUT2D eigenvalue weighted by molar-refractivity contribution is -0.117. The number of benzene rings is 3. The second-order valence-corrected chi connectivity index (χ2v) is 9.03. The molecule has 0 saturated heterocycles. The Labute approximate surface area is 232 Å². The van der Waals surface area contributed by atoms with Gasteiger partial charge in [0.2, 0.25) is 0 Å². The molecular formula is C32H29N3O5. The number of ether oxygens (including phenoxy) is 2. The van der Waals surface area contributed by atoms with E-state index in [1.54, 1.807) is 24.3 Å². The van der Waals surface area contributed by atoms with E-state index in [0.29, 0.717) is 36.4 Å². The Morgan fingerprint density at radius 1 is 1.12 bits per heavy atom. The molecule has 3 aromatic carbocycles. The van der Waals surface area contributed by atoms with Crippen LogP contribution in [0, 0.1) is 11.3 Å². The number of H-pyrrole nitrogens is 1. The van der Waals surface area contributed by atoms with Crippen molar-refractivity contribution in [3.63, 3.8) is 0 Å². The first kappa shape index (κ1) is 27.7. The number of aromatic carboxylic acids is 1. The van der Waals surface area contributed by atoms with Crippen LogP contribution in [0.5, 0.6) is 11.5 Å². The molecule has 1 amide bonds. The number of aromatic nitrogens is 1. The van der Waals surface area contributed by atoms with E-state index in [0.717, 1.165) is 27.6 Å². The minimum Gasteiger partial charge on any atom is -0.493 e. The molecular weight excluding hydrogens is 506 g/mol. The van der Waals surface area contributed by atoms with Gasteiger partial charge in [-0.3, -0.25) is 4.79 Å². The molecule has 0 aliphatic heterocycles. The highest BCUT2D eigenvalue weighted by Gasteiger charge is 2.15. The fraction of sp³-hybridized carbons (Fsp3) is 0.156. The summed E-state index contributed by atoms with van der Waals surface area (Å²) in [7, 11) is 1.51. The number of hydrogen-bond donors (Lipinski definition) is 3. The number of nitrogens with one attached hydrogen (secondary N) is 2. The van der Waals surface area contributed by atoms with Gasteiger partial charge in [0.15, 0.2) is 11.5 Å². The first-order valence-electron chi connectivity index (χ1n) is 12.6. The predicted octanol–water partition coefficient (Wildman–Crippen LogP) is 5.45. The zero-order chi connectivity index (χ0) is 28.5. The quantitative estimate of drug-likeness (QED) is 0.126. The van der Waals surface area contributed by atoms with E-state index in [-0.39, 0.29) is 17.7 Å². The predicted molar refractivity (Wildman–Crippen MR) is 153 cm³/mol. The van der Waals surface area contributed by atoms with Crippen LogP contribution >= 0.6 is 0 Å². The average molecular weight is 536 g/mol. The molecule has 1 heterocycles. The summed E-state index contributed by atoms with van der Waals surface area (Å²) < 4.78 is 11.6. The van der Waals surface area contributed by atoms with Crippen LogP contribution in [0.15, 0.2) is 85.1 Å². The van der Waals surface area contributed by atoms with Crippen molar-refractivity contribution >= 4 is 28.9 Å². The van der Waals surface area contributed by atoms with Gasteiger partial charge in [-0.15, -0.1) is 6.58 Å². The third-order valence-electron chi connectivity index (χ3n) is 6.35. The zero-order valence-corrected chi connectivity index (χ0v) is 22.1. The summed E-state index contributed by atoms with van der Waals surface area (Å²) in [5, 5.41) is 22.7. The van der Waals surface area contributed by atoms with Crippen molar-refractivity contribution in [3.05, 3.63) is 113 Å². The summed E-state index contributed by atoms with van der Waals surface area (Å²) in [5.74, 6) is -0.518. The van der Waals surface area contributed by atoms with Crippen molar-refractivity contribution in [1.29, 1.82) is 5.26 Å². The fourth-order valence-corrected chi connectivity index (χ4v) is 4.35. The van der Waals surface area contributed by atoms with Gasteiger partial charge in [-0.05, 0) is 65.9 Å². The monoisotopic (exact) mass is 535 g/mol. The van der Waals surface area contributed by atoms with E-state index < -0.39 is 11.9 Å². The maximum absolute atomic E-state index is 12.8. The van der Waals surface area contributed by atoms with Crippen molar-refractivity contribution in [3.8, 4) is 17.6 Å². The number of carbonyl (C=O) groups excluding carboxylic acids is 1. The highest BCUT2D eigenvalue weighted by molar-refractivity contribution is 6.01. The smallest absolute Gasteiger partial charge is 0.335 e. The van der Waals surface area contributed by atoms with Crippen molar-refractivity contribution < 1.29 is 24.2 Å². The van der Waals surface area contributed by atoms with Gasteiger partial charge in [-0.1, -0.05) is 36.4 Å². The van der Waals surface area contributed by atoms with E-state index in [9.17, 15) is 14.9 Å². The van der Waals surface area contributed by atoms with E-state index in [4.69, 9.17) is 14.6 Å². The molecule has 4 aromatic rings. The summed E-state index contributed by atoms with van der Waals surface area (Å²) in [4.78, 5) is 27.1. The topological polar surface area (TPSA) is 124 Å². The van der Waals surface area contributed by atoms with Gasteiger partial charge in [0.05, 0.1) is 12.7 Å². The van der Waals surface area contributed by atoms with Crippen molar-refractivity contribution in [2.24, 2.45) is 0 Å². The van der Waals surface area contributed by atoms with E-state index in [1.165, 1.54) is 25.3 Å². The maximum Gasteiger partial charge on any atom is 0.335 e. The van der Waals surface area contributed by atoms with Crippen LogP contribution in [0.1, 0.15) is 32.6 Å². The molecule has 0 fully saturated rings. The second kappa shape index (κ2) is 13.0. The Morgan fingerprint density at radius 3 is 2.60 bits per heavy atom. The fourth-order valence-electron chi connectivity index (χ4n) is 4.35. The number of carbonyl (C=O) groups is 2. The van der Waals surface area contributed by atoms with E-state index in [2.05, 4.69) is 16.9 Å². The van der Waals surface area contributed by atoms with Crippen LogP contribution < -0.4 is 14.8 Å². The van der Waals surface area contributed by atoms with Crippen LogP contribution in [0.2, 0.25) is 0 Å². The number of carboxylic acids is 1. The van der Waals surface area contributed by atoms with Crippen molar-refractivity contribution in [2.45, 2.75) is 19.4 Å².